The Kier molecular flexibility index (Phi) is 4.44. The second-order valence-corrected chi connectivity index (χ2v) is 5.82. The van der Waals surface area contributed by atoms with Crippen molar-refractivity contribution in [2.45, 2.75) is 32.4 Å². The molecule has 120 valence electrons. The molecule has 0 aliphatic carbocycles. The number of benzene rings is 1. The van der Waals surface area contributed by atoms with Crippen LogP contribution < -0.4 is 14.8 Å². The van der Waals surface area contributed by atoms with Gasteiger partial charge in [0.15, 0.2) is 17.5 Å². The summed E-state index contributed by atoms with van der Waals surface area (Å²) in [6.07, 6.45) is -0.796. The number of alkyl carbamates (subject to hydrolysis) is 1. The number of aliphatic carboxylic acids is 1. The Hall–Kier alpha value is -2.44. The van der Waals surface area contributed by atoms with E-state index in [0.717, 1.165) is 0 Å². The Bertz CT molecular complexity index is 578. The van der Waals surface area contributed by atoms with E-state index in [9.17, 15) is 14.7 Å². The lowest BCUT2D eigenvalue weighted by molar-refractivity contribution is -0.139. The standard InChI is InChI=1S/C15H19NO6/c1-15(2,3)22-14(19)16-12(13(17)18)9-4-5-10-11(8-9)21-7-6-20-10/h4-5,8,12H,6-7H2,1-3H3,(H,16,19)(H,17,18). The fourth-order valence-corrected chi connectivity index (χ4v) is 1.95. The molecule has 1 amide bonds. The minimum Gasteiger partial charge on any atom is -0.486 e. The number of nitrogens with one attached hydrogen (secondary N) is 1. The molecule has 1 aliphatic heterocycles. The van der Waals surface area contributed by atoms with Gasteiger partial charge in [0.2, 0.25) is 0 Å². The van der Waals surface area contributed by atoms with Gasteiger partial charge in [-0.1, -0.05) is 6.07 Å². The summed E-state index contributed by atoms with van der Waals surface area (Å²) >= 11 is 0. The maximum atomic E-state index is 11.8. The number of rotatable bonds is 3. The molecule has 1 heterocycles. The molecule has 1 aliphatic rings. The van der Waals surface area contributed by atoms with Crippen LogP contribution in [0.3, 0.4) is 0 Å². The third-order valence-corrected chi connectivity index (χ3v) is 2.81. The fourth-order valence-electron chi connectivity index (χ4n) is 1.95. The summed E-state index contributed by atoms with van der Waals surface area (Å²) in [7, 11) is 0. The van der Waals surface area contributed by atoms with Gasteiger partial charge in [0.05, 0.1) is 0 Å². The van der Waals surface area contributed by atoms with Gasteiger partial charge in [-0.2, -0.15) is 0 Å². The molecule has 1 unspecified atom stereocenters. The van der Waals surface area contributed by atoms with Crippen molar-refractivity contribution in [3.05, 3.63) is 23.8 Å². The van der Waals surface area contributed by atoms with Crippen LogP contribution in [0.25, 0.3) is 0 Å². The number of amides is 1. The van der Waals surface area contributed by atoms with Crippen LogP contribution in [0, 0.1) is 0 Å². The molecule has 0 aromatic heterocycles. The summed E-state index contributed by atoms with van der Waals surface area (Å²) in [5, 5.41) is 11.7. The van der Waals surface area contributed by atoms with Crippen LogP contribution >= 0.6 is 0 Å². The average Bonchev–Trinajstić information content (AvgIpc) is 2.42. The van der Waals surface area contributed by atoms with E-state index in [1.54, 1.807) is 39.0 Å². The van der Waals surface area contributed by atoms with Crippen LogP contribution in [0.2, 0.25) is 0 Å². The molecular weight excluding hydrogens is 290 g/mol. The zero-order valence-corrected chi connectivity index (χ0v) is 12.7. The Labute approximate surface area is 128 Å². The number of carbonyl (C=O) groups is 2. The van der Waals surface area contributed by atoms with E-state index in [2.05, 4.69) is 5.32 Å². The summed E-state index contributed by atoms with van der Waals surface area (Å²) in [6, 6.07) is 3.51. The third-order valence-electron chi connectivity index (χ3n) is 2.81. The van der Waals surface area contributed by atoms with Crippen molar-refractivity contribution in [2.75, 3.05) is 13.2 Å². The van der Waals surface area contributed by atoms with E-state index < -0.39 is 23.7 Å². The topological polar surface area (TPSA) is 94.1 Å². The highest BCUT2D eigenvalue weighted by Gasteiger charge is 2.26. The molecule has 22 heavy (non-hydrogen) atoms. The maximum absolute atomic E-state index is 11.8. The van der Waals surface area contributed by atoms with Crippen molar-refractivity contribution in [3.8, 4) is 11.5 Å². The zero-order valence-electron chi connectivity index (χ0n) is 12.7. The first-order chi connectivity index (χ1) is 10.3. The van der Waals surface area contributed by atoms with Crippen LogP contribution in [0.15, 0.2) is 18.2 Å². The Morgan fingerprint density at radius 2 is 1.86 bits per heavy atom. The molecule has 0 radical (unpaired) electrons. The van der Waals surface area contributed by atoms with Crippen molar-refractivity contribution in [3.63, 3.8) is 0 Å². The second kappa shape index (κ2) is 6.13. The van der Waals surface area contributed by atoms with E-state index in [0.29, 0.717) is 30.3 Å². The molecule has 0 bridgehead atoms. The third kappa shape index (κ3) is 4.03. The molecule has 1 aromatic rings. The lowest BCUT2D eigenvalue weighted by atomic mass is 10.1. The summed E-state index contributed by atoms with van der Waals surface area (Å²) in [6.45, 7) is 5.95. The van der Waals surface area contributed by atoms with Gasteiger partial charge < -0.3 is 24.6 Å². The molecule has 7 heteroatoms. The average molecular weight is 309 g/mol. The molecule has 0 saturated carbocycles. The van der Waals surface area contributed by atoms with Gasteiger partial charge in [0.25, 0.3) is 0 Å². The minimum atomic E-state index is -1.23. The van der Waals surface area contributed by atoms with Crippen LogP contribution in [0.5, 0.6) is 11.5 Å². The molecule has 0 saturated heterocycles. The van der Waals surface area contributed by atoms with Gasteiger partial charge in [-0.3, -0.25) is 0 Å². The lowest BCUT2D eigenvalue weighted by Gasteiger charge is -2.23. The Morgan fingerprint density at radius 1 is 1.23 bits per heavy atom. The number of ether oxygens (including phenoxy) is 3. The van der Waals surface area contributed by atoms with Crippen LogP contribution in [0.1, 0.15) is 32.4 Å². The molecule has 7 nitrogen and oxygen atoms in total. The van der Waals surface area contributed by atoms with E-state index in [4.69, 9.17) is 14.2 Å². The van der Waals surface area contributed by atoms with Crippen molar-refractivity contribution in [1.82, 2.24) is 5.32 Å². The molecular formula is C15H19NO6. The van der Waals surface area contributed by atoms with Gasteiger partial charge in [0.1, 0.15) is 18.8 Å². The predicted octanol–water partition coefficient (Wildman–Crippen LogP) is 2.11. The van der Waals surface area contributed by atoms with E-state index in [1.807, 2.05) is 0 Å². The lowest BCUT2D eigenvalue weighted by Crippen LogP contribution is -2.38. The van der Waals surface area contributed by atoms with Crippen LogP contribution in [-0.4, -0.2) is 36.0 Å². The highest BCUT2D eigenvalue weighted by molar-refractivity contribution is 5.81. The summed E-state index contributed by atoms with van der Waals surface area (Å²) in [5.74, 6) is -0.181. The number of hydrogen-bond acceptors (Lipinski definition) is 5. The van der Waals surface area contributed by atoms with Gasteiger partial charge in [0, 0.05) is 0 Å². The Morgan fingerprint density at radius 3 is 2.45 bits per heavy atom. The summed E-state index contributed by atoms with van der Waals surface area (Å²) in [5.41, 5.74) is -0.331. The van der Waals surface area contributed by atoms with Crippen LogP contribution in [0.4, 0.5) is 4.79 Å². The second-order valence-electron chi connectivity index (χ2n) is 5.82. The first kappa shape index (κ1) is 15.9. The number of fused-ring (bicyclic) bond motifs is 1. The number of carboxylic acid groups (broad SMARTS) is 1. The molecule has 0 spiro atoms. The fraction of sp³-hybridized carbons (Fsp3) is 0.467. The minimum absolute atomic E-state index is 0.377. The first-order valence-electron chi connectivity index (χ1n) is 6.88. The summed E-state index contributed by atoms with van der Waals surface area (Å²) in [4.78, 5) is 23.2. The van der Waals surface area contributed by atoms with Crippen molar-refractivity contribution in [2.24, 2.45) is 0 Å². The quantitative estimate of drug-likeness (QED) is 0.888. The van der Waals surface area contributed by atoms with Crippen molar-refractivity contribution >= 4 is 12.1 Å². The molecule has 2 N–H and O–H groups in total. The van der Waals surface area contributed by atoms with E-state index >= 15 is 0 Å². The monoisotopic (exact) mass is 309 g/mol. The predicted molar refractivity (Wildman–Crippen MR) is 77.2 cm³/mol. The van der Waals surface area contributed by atoms with Gasteiger partial charge in [-0.05, 0) is 38.5 Å². The molecule has 1 aromatic carbocycles. The first-order valence-corrected chi connectivity index (χ1v) is 6.88. The largest absolute Gasteiger partial charge is 0.486 e. The smallest absolute Gasteiger partial charge is 0.408 e. The van der Waals surface area contributed by atoms with Crippen LogP contribution in [-0.2, 0) is 9.53 Å². The SMILES string of the molecule is CC(C)(C)OC(=O)NC(C(=O)O)c1ccc2c(c1)OCCO2. The van der Waals surface area contributed by atoms with Crippen molar-refractivity contribution in [1.29, 1.82) is 0 Å². The van der Waals surface area contributed by atoms with Gasteiger partial charge in [-0.15, -0.1) is 0 Å². The molecule has 2 rings (SSSR count). The Balaban J connectivity index is 2.18. The van der Waals surface area contributed by atoms with E-state index in [-0.39, 0.29) is 0 Å². The number of carbonyl (C=O) groups excluding carboxylic acids is 1. The highest BCUT2D eigenvalue weighted by atomic mass is 16.6. The molecule has 1 atom stereocenters. The summed E-state index contributed by atoms with van der Waals surface area (Å²) < 4.78 is 15.9. The van der Waals surface area contributed by atoms with Gasteiger partial charge >= 0.3 is 12.1 Å². The maximum Gasteiger partial charge on any atom is 0.408 e. The molecule has 0 fully saturated rings. The van der Waals surface area contributed by atoms with Crippen molar-refractivity contribution < 1.29 is 28.9 Å². The normalized spacial score (nSPS) is 14.9. The number of carboxylic acids is 1. The van der Waals surface area contributed by atoms with E-state index in [1.165, 1.54) is 0 Å². The zero-order chi connectivity index (χ0) is 16.3. The van der Waals surface area contributed by atoms with Gasteiger partial charge in [-0.25, -0.2) is 9.59 Å². The number of hydrogen-bond donors (Lipinski definition) is 2. The highest BCUT2D eigenvalue weighted by Crippen LogP contribution is 2.32.